The number of amides is 1. The third-order valence-electron chi connectivity index (χ3n) is 4.96. The lowest BCUT2D eigenvalue weighted by Crippen LogP contribution is -2.30. The number of halogens is 5. The number of carbonyl (C=O) groups is 1. The Labute approximate surface area is 184 Å². The van der Waals surface area contributed by atoms with Gasteiger partial charge in [0.25, 0.3) is 0 Å². The lowest BCUT2D eigenvalue weighted by Gasteiger charge is -2.31. The quantitative estimate of drug-likeness (QED) is 0.474. The van der Waals surface area contributed by atoms with Gasteiger partial charge in [-0.3, -0.25) is 4.79 Å². The first-order valence-corrected chi connectivity index (χ1v) is 9.58. The number of alkyl halides is 5. The van der Waals surface area contributed by atoms with Crippen LogP contribution in [0.3, 0.4) is 0 Å². The van der Waals surface area contributed by atoms with Gasteiger partial charge in [-0.05, 0) is 42.0 Å². The monoisotopic (exact) mass is 465 g/mol. The van der Waals surface area contributed by atoms with Gasteiger partial charge in [0.1, 0.15) is 23.4 Å². The Morgan fingerprint density at radius 2 is 1.82 bits per heavy atom. The van der Waals surface area contributed by atoms with E-state index >= 15 is 0 Å². The first-order chi connectivity index (χ1) is 15.7. The number of benzene rings is 3. The molecule has 0 aromatic heterocycles. The molecule has 1 aliphatic heterocycles. The average Bonchev–Trinajstić information content (AvgIpc) is 2.77. The zero-order valence-electron chi connectivity index (χ0n) is 17.0. The molecule has 3 aromatic carbocycles. The standard InChI is InChI=1S/C23H16F5NO4/c1-31-14-5-2-4-12(10-14)20-16-11-13(29-21(30)23(26,27)28)8-9-15(16)19-17(32-20)6-3-7-18(19)33-22(24)25/h2-11,20,22H,1H3,(H,29,30). The third-order valence-corrected chi connectivity index (χ3v) is 4.96. The average molecular weight is 465 g/mol. The highest BCUT2D eigenvalue weighted by Crippen LogP contribution is 2.50. The summed E-state index contributed by atoms with van der Waals surface area (Å²) >= 11 is 0. The van der Waals surface area contributed by atoms with Crippen LogP contribution in [0.15, 0.2) is 60.7 Å². The van der Waals surface area contributed by atoms with E-state index < -0.39 is 24.8 Å². The first kappa shape index (κ1) is 22.4. The number of methoxy groups -OCH3 is 1. The fourth-order valence-corrected chi connectivity index (χ4v) is 3.60. The van der Waals surface area contributed by atoms with Crippen molar-refractivity contribution in [3.63, 3.8) is 0 Å². The molecule has 1 amide bonds. The number of hydrogen-bond donors (Lipinski definition) is 1. The summed E-state index contributed by atoms with van der Waals surface area (Å²) in [6.45, 7) is -3.10. The van der Waals surface area contributed by atoms with Crippen molar-refractivity contribution < 1.29 is 41.0 Å². The second-order valence-corrected chi connectivity index (χ2v) is 7.04. The molecule has 0 fully saturated rings. The van der Waals surface area contributed by atoms with Crippen LogP contribution < -0.4 is 19.5 Å². The number of carbonyl (C=O) groups excluding carboxylic acids is 1. The van der Waals surface area contributed by atoms with Crippen molar-refractivity contribution in [2.24, 2.45) is 0 Å². The summed E-state index contributed by atoms with van der Waals surface area (Å²) < 4.78 is 80.1. The number of fused-ring (bicyclic) bond motifs is 3. The molecule has 0 aliphatic carbocycles. The van der Waals surface area contributed by atoms with Crippen molar-refractivity contribution in [1.82, 2.24) is 0 Å². The Hall–Kier alpha value is -3.82. The summed E-state index contributed by atoms with van der Waals surface area (Å²) in [6, 6.07) is 15.2. The highest BCUT2D eigenvalue weighted by atomic mass is 19.4. The second-order valence-electron chi connectivity index (χ2n) is 7.04. The fourth-order valence-electron chi connectivity index (χ4n) is 3.60. The van der Waals surface area contributed by atoms with E-state index in [2.05, 4.69) is 4.74 Å². The molecule has 1 aliphatic rings. The summed E-state index contributed by atoms with van der Waals surface area (Å²) in [7, 11) is 1.48. The SMILES string of the molecule is COc1cccc(C2Oc3cccc(OC(F)F)c3-c3ccc(NC(=O)C(F)(F)F)cc32)c1. The maximum Gasteiger partial charge on any atom is 0.471 e. The Morgan fingerprint density at radius 1 is 1.06 bits per heavy atom. The van der Waals surface area contributed by atoms with Crippen LogP contribution in [0.25, 0.3) is 11.1 Å². The van der Waals surface area contributed by atoms with E-state index in [1.807, 2.05) is 0 Å². The smallest absolute Gasteiger partial charge is 0.471 e. The minimum Gasteiger partial charge on any atom is -0.497 e. The zero-order valence-corrected chi connectivity index (χ0v) is 17.0. The summed E-state index contributed by atoms with van der Waals surface area (Å²) in [5, 5.41) is 1.80. The van der Waals surface area contributed by atoms with Gasteiger partial charge in [-0.25, -0.2) is 0 Å². The van der Waals surface area contributed by atoms with E-state index in [4.69, 9.17) is 9.47 Å². The van der Waals surface area contributed by atoms with E-state index in [0.717, 1.165) is 0 Å². The predicted molar refractivity (Wildman–Crippen MR) is 109 cm³/mol. The maximum atomic E-state index is 13.0. The normalized spacial score (nSPS) is 14.7. The Balaban J connectivity index is 1.86. The molecule has 3 aromatic rings. The predicted octanol–water partition coefficient (Wildman–Crippen LogP) is 5.95. The first-order valence-electron chi connectivity index (χ1n) is 9.58. The molecular formula is C23H16F5NO4. The molecule has 10 heteroatoms. The van der Waals surface area contributed by atoms with Crippen LogP contribution in [0.2, 0.25) is 0 Å². The largest absolute Gasteiger partial charge is 0.497 e. The molecule has 5 nitrogen and oxygen atoms in total. The van der Waals surface area contributed by atoms with Gasteiger partial charge in [-0.1, -0.05) is 24.3 Å². The van der Waals surface area contributed by atoms with E-state index in [0.29, 0.717) is 22.4 Å². The Bertz CT molecular complexity index is 1200. The van der Waals surface area contributed by atoms with Crippen LogP contribution in [0.5, 0.6) is 17.2 Å². The van der Waals surface area contributed by atoms with Gasteiger partial charge in [0.05, 0.1) is 12.7 Å². The summed E-state index contributed by atoms with van der Waals surface area (Å²) in [5.41, 5.74) is 1.44. The molecule has 33 heavy (non-hydrogen) atoms. The minimum absolute atomic E-state index is 0.136. The van der Waals surface area contributed by atoms with Gasteiger partial charge in [0.2, 0.25) is 0 Å². The highest BCUT2D eigenvalue weighted by Gasteiger charge is 2.39. The van der Waals surface area contributed by atoms with Gasteiger partial charge >= 0.3 is 18.7 Å². The molecule has 0 radical (unpaired) electrons. The van der Waals surface area contributed by atoms with Crippen molar-refractivity contribution in [1.29, 1.82) is 0 Å². The van der Waals surface area contributed by atoms with Gasteiger partial charge in [-0.2, -0.15) is 22.0 Å². The van der Waals surface area contributed by atoms with Gasteiger partial charge in [-0.15, -0.1) is 0 Å². The molecule has 4 rings (SSSR count). The van der Waals surface area contributed by atoms with Crippen LogP contribution in [0, 0.1) is 0 Å². The van der Waals surface area contributed by atoms with Crippen molar-refractivity contribution in [3.8, 4) is 28.4 Å². The number of nitrogens with one attached hydrogen (secondary N) is 1. The maximum absolute atomic E-state index is 13.0. The molecule has 172 valence electrons. The van der Waals surface area contributed by atoms with Gasteiger partial charge < -0.3 is 19.5 Å². The van der Waals surface area contributed by atoms with Crippen molar-refractivity contribution in [3.05, 3.63) is 71.8 Å². The van der Waals surface area contributed by atoms with Gasteiger partial charge in [0.15, 0.2) is 0 Å². The van der Waals surface area contributed by atoms with E-state index in [1.165, 1.54) is 37.4 Å². The molecular weight excluding hydrogens is 449 g/mol. The highest BCUT2D eigenvalue weighted by molar-refractivity contribution is 5.95. The van der Waals surface area contributed by atoms with Crippen LogP contribution in [-0.2, 0) is 4.79 Å². The van der Waals surface area contributed by atoms with E-state index in [9.17, 15) is 26.7 Å². The summed E-state index contributed by atoms with van der Waals surface area (Å²) in [4.78, 5) is 11.4. The van der Waals surface area contributed by atoms with Crippen LogP contribution in [0.1, 0.15) is 17.2 Å². The molecule has 1 unspecified atom stereocenters. The molecule has 0 bridgehead atoms. The molecule has 0 spiro atoms. The molecule has 1 N–H and O–H groups in total. The number of hydrogen-bond acceptors (Lipinski definition) is 4. The zero-order chi connectivity index (χ0) is 23.8. The summed E-state index contributed by atoms with van der Waals surface area (Å²) in [5.74, 6) is -1.53. The molecule has 1 heterocycles. The summed E-state index contributed by atoms with van der Waals surface area (Å²) in [6.07, 6.45) is -5.91. The number of anilines is 1. The molecule has 0 saturated heterocycles. The lowest BCUT2D eigenvalue weighted by molar-refractivity contribution is -0.167. The van der Waals surface area contributed by atoms with Gasteiger partial charge in [0, 0.05) is 16.8 Å². The van der Waals surface area contributed by atoms with E-state index in [-0.39, 0.29) is 22.7 Å². The Kier molecular flexibility index (Phi) is 5.84. The van der Waals surface area contributed by atoms with E-state index in [1.54, 1.807) is 35.6 Å². The number of ether oxygens (including phenoxy) is 3. The molecule has 1 atom stereocenters. The van der Waals surface area contributed by atoms with Crippen molar-refractivity contribution in [2.75, 3.05) is 12.4 Å². The van der Waals surface area contributed by atoms with Crippen molar-refractivity contribution in [2.45, 2.75) is 18.9 Å². The molecule has 0 saturated carbocycles. The fraction of sp³-hybridized carbons (Fsp3) is 0.174. The topological polar surface area (TPSA) is 56.8 Å². The minimum atomic E-state index is -5.08. The Morgan fingerprint density at radius 3 is 2.52 bits per heavy atom. The second kappa shape index (κ2) is 8.61. The van der Waals surface area contributed by atoms with Crippen LogP contribution in [0.4, 0.5) is 27.6 Å². The van der Waals surface area contributed by atoms with Crippen molar-refractivity contribution >= 4 is 11.6 Å². The van der Waals surface area contributed by atoms with Crippen LogP contribution >= 0.6 is 0 Å². The van der Waals surface area contributed by atoms with Crippen LogP contribution in [-0.4, -0.2) is 25.8 Å². The number of rotatable bonds is 5. The lowest BCUT2D eigenvalue weighted by atomic mass is 9.88. The third kappa shape index (κ3) is 4.55.